The summed E-state index contributed by atoms with van der Waals surface area (Å²) >= 11 is 0. The van der Waals surface area contributed by atoms with Gasteiger partial charge in [-0.3, -0.25) is 9.59 Å². The van der Waals surface area contributed by atoms with Gasteiger partial charge in [-0.25, -0.2) is 0 Å². The fraction of sp³-hybridized carbons (Fsp3) is 0.176. The second-order valence-corrected chi connectivity index (χ2v) is 5.13. The van der Waals surface area contributed by atoms with Crippen molar-refractivity contribution in [2.75, 3.05) is 0 Å². The molecule has 2 aromatic rings. The number of hydrogen-bond donors (Lipinski definition) is 0. The smallest absolute Gasteiger partial charge is 0.194 e. The molecule has 0 aromatic heterocycles. The molecule has 0 unspecified atom stereocenters. The van der Waals surface area contributed by atoms with Crippen molar-refractivity contribution in [2.24, 2.45) is 0 Å². The van der Waals surface area contributed by atoms with Crippen LogP contribution >= 0.6 is 0 Å². The fourth-order valence-corrected chi connectivity index (χ4v) is 2.65. The zero-order valence-electron chi connectivity index (χ0n) is 10.9. The van der Waals surface area contributed by atoms with Gasteiger partial charge in [0, 0.05) is 22.3 Å². The van der Waals surface area contributed by atoms with Crippen molar-refractivity contribution in [2.45, 2.75) is 19.8 Å². The molecule has 0 aliphatic heterocycles. The van der Waals surface area contributed by atoms with Crippen LogP contribution in [0.3, 0.4) is 0 Å². The average molecular weight is 250 g/mol. The van der Waals surface area contributed by atoms with Gasteiger partial charge in [-0.2, -0.15) is 0 Å². The molecule has 94 valence electrons. The van der Waals surface area contributed by atoms with Crippen LogP contribution in [-0.2, 0) is 0 Å². The zero-order chi connectivity index (χ0) is 13.6. The molecule has 2 nitrogen and oxygen atoms in total. The van der Waals surface area contributed by atoms with Gasteiger partial charge in [0.1, 0.15) is 0 Å². The van der Waals surface area contributed by atoms with Crippen LogP contribution in [-0.4, -0.2) is 11.6 Å². The standard InChI is InChI=1S/C17H14O2/c1-10(2)11-8-5-9-14-15(11)17(19)13-7-4-3-6-12(13)16(14)18/h3-10H,1-2H3. The minimum atomic E-state index is -0.0484. The van der Waals surface area contributed by atoms with E-state index in [1.807, 2.05) is 26.0 Å². The van der Waals surface area contributed by atoms with E-state index in [0.29, 0.717) is 22.3 Å². The number of carbonyl (C=O) groups is 2. The van der Waals surface area contributed by atoms with Crippen LogP contribution in [0.15, 0.2) is 42.5 Å². The van der Waals surface area contributed by atoms with Gasteiger partial charge in [0.2, 0.25) is 0 Å². The maximum absolute atomic E-state index is 12.6. The fourth-order valence-electron chi connectivity index (χ4n) is 2.65. The van der Waals surface area contributed by atoms with E-state index < -0.39 is 0 Å². The van der Waals surface area contributed by atoms with E-state index in [1.165, 1.54) is 0 Å². The first-order valence-electron chi connectivity index (χ1n) is 6.42. The maximum atomic E-state index is 12.6. The predicted molar refractivity (Wildman–Crippen MR) is 73.8 cm³/mol. The number of benzene rings is 2. The molecule has 1 aliphatic rings. The Hall–Kier alpha value is -2.22. The summed E-state index contributed by atoms with van der Waals surface area (Å²) in [4.78, 5) is 25.1. The Balaban J connectivity index is 2.33. The summed E-state index contributed by atoms with van der Waals surface area (Å²) in [7, 11) is 0. The zero-order valence-corrected chi connectivity index (χ0v) is 10.9. The third kappa shape index (κ3) is 1.64. The van der Waals surface area contributed by atoms with Crippen molar-refractivity contribution < 1.29 is 9.59 Å². The van der Waals surface area contributed by atoms with Gasteiger partial charge in [0.15, 0.2) is 11.6 Å². The van der Waals surface area contributed by atoms with Gasteiger partial charge in [-0.15, -0.1) is 0 Å². The molecule has 0 heterocycles. The Labute approximate surface area is 112 Å². The van der Waals surface area contributed by atoms with Crippen molar-refractivity contribution in [1.82, 2.24) is 0 Å². The van der Waals surface area contributed by atoms with Gasteiger partial charge in [0.05, 0.1) is 0 Å². The Kier molecular flexibility index (Phi) is 2.59. The van der Waals surface area contributed by atoms with Gasteiger partial charge in [0.25, 0.3) is 0 Å². The quantitative estimate of drug-likeness (QED) is 0.661. The Morgan fingerprint density at radius 1 is 0.737 bits per heavy atom. The average Bonchev–Trinajstić information content (AvgIpc) is 2.44. The van der Waals surface area contributed by atoms with Crippen LogP contribution in [0.2, 0.25) is 0 Å². The Morgan fingerprint density at radius 3 is 1.95 bits per heavy atom. The molecule has 0 fully saturated rings. The first-order chi connectivity index (χ1) is 9.11. The molecule has 0 N–H and O–H groups in total. The molecule has 0 bridgehead atoms. The summed E-state index contributed by atoms with van der Waals surface area (Å²) in [6, 6.07) is 12.6. The molecule has 2 heteroatoms. The third-order valence-corrected chi connectivity index (χ3v) is 3.61. The summed E-state index contributed by atoms with van der Waals surface area (Å²) in [5, 5.41) is 0. The third-order valence-electron chi connectivity index (χ3n) is 3.61. The number of hydrogen-bond acceptors (Lipinski definition) is 2. The van der Waals surface area contributed by atoms with Crippen molar-refractivity contribution in [3.05, 3.63) is 70.3 Å². The van der Waals surface area contributed by atoms with Gasteiger partial charge >= 0.3 is 0 Å². The van der Waals surface area contributed by atoms with E-state index in [4.69, 9.17) is 0 Å². The normalized spacial score (nSPS) is 13.4. The molecular formula is C17H14O2. The predicted octanol–water partition coefficient (Wildman–Crippen LogP) is 3.59. The minimum Gasteiger partial charge on any atom is -0.289 e. The van der Waals surface area contributed by atoms with Gasteiger partial charge in [-0.1, -0.05) is 56.3 Å². The summed E-state index contributed by atoms with van der Waals surface area (Å²) in [5.41, 5.74) is 3.11. The molecule has 0 atom stereocenters. The van der Waals surface area contributed by atoms with E-state index >= 15 is 0 Å². The van der Waals surface area contributed by atoms with Crippen LogP contribution in [0.4, 0.5) is 0 Å². The van der Waals surface area contributed by atoms with Crippen LogP contribution in [0.5, 0.6) is 0 Å². The molecule has 2 aromatic carbocycles. The molecule has 0 radical (unpaired) electrons. The van der Waals surface area contributed by atoms with Gasteiger partial charge < -0.3 is 0 Å². The molecule has 0 saturated carbocycles. The van der Waals surface area contributed by atoms with Crippen molar-refractivity contribution in [1.29, 1.82) is 0 Å². The monoisotopic (exact) mass is 250 g/mol. The molecule has 1 aliphatic carbocycles. The Bertz CT molecular complexity index is 696. The second-order valence-electron chi connectivity index (χ2n) is 5.13. The second kappa shape index (κ2) is 4.16. The van der Waals surface area contributed by atoms with Crippen LogP contribution in [0.1, 0.15) is 57.2 Å². The van der Waals surface area contributed by atoms with Crippen molar-refractivity contribution in [3.63, 3.8) is 0 Å². The minimum absolute atomic E-state index is 0.0329. The van der Waals surface area contributed by atoms with E-state index in [0.717, 1.165) is 5.56 Å². The highest BCUT2D eigenvalue weighted by Gasteiger charge is 2.31. The topological polar surface area (TPSA) is 34.1 Å². The van der Waals surface area contributed by atoms with E-state index in [2.05, 4.69) is 0 Å². The first kappa shape index (κ1) is 11.8. The number of rotatable bonds is 1. The molecule has 19 heavy (non-hydrogen) atoms. The summed E-state index contributed by atoms with van der Waals surface area (Å²) in [6.45, 7) is 4.07. The lowest BCUT2D eigenvalue weighted by molar-refractivity contribution is 0.0978. The van der Waals surface area contributed by atoms with Crippen LogP contribution in [0, 0.1) is 0 Å². The highest BCUT2D eigenvalue weighted by molar-refractivity contribution is 6.28. The largest absolute Gasteiger partial charge is 0.289 e. The van der Waals surface area contributed by atoms with Gasteiger partial charge in [-0.05, 0) is 11.5 Å². The molecule has 0 saturated heterocycles. The lowest BCUT2D eigenvalue weighted by Crippen LogP contribution is -2.22. The first-order valence-corrected chi connectivity index (χ1v) is 6.42. The maximum Gasteiger partial charge on any atom is 0.194 e. The number of fused-ring (bicyclic) bond motifs is 2. The van der Waals surface area contributed by atoms with E-state index in [9.17, 15) is 9.59 Å². The summed E-state index contributed by atoms with van der Waals surface area (Å²) < 4.78 is 0. The summed E-state index contributed by atoms with van der Waals surface area (Å²) in [5.74, 6) is 0.138. The van der Waals surface area contributed by atoms with E-state index in [-0.39, 0.29) is 17.5 Å². The highest BCUT2D eigenvalue weighted by Crippen LogP contribution is 2.32. The van der Waals surface area contributed by atoms with Crippen LogP contribution < -0.4 is 0 Å². The number of carbonyl (C=O) groups excluding carboxylic acids is 2. The van der Waals surface area contributed by atoms with Crippen molar-refractivity contribution >= 4 is 11.6 Å². The van der Waals surface area contributed by atoms with Crippen LogP contribution in [0.25, 0.3) is 0 Å². The molecule has 0 spiro atoms. The molecule has 3 rings (SSSR count). The lowest BCUT2D eigenvalue weighted by atomic mass is 9.80. The van der Waals surface area contributed by atoms with E-state index in [1.54, 1.807) is 30.3 Å². The number of ketones is 2. The van der Waals surface area contributed by atoms with Crippen molar-refractivity contribution in [3.8, 4) is 0 Å². The SMILES string of the molecule is CC(C)c1cccc2c1C(=O)c1ccccc1C2=O. The molecular weight excluding hydrogens is 236 g/mol. The Morgan fingerprint density at radius 2 is 1.32 bits per heavy atom. The highest BCUT2D eigenvalue weighted by atomic mass is 16.1. The molecule has 0 amide bonds. The lowest BCUT2D eigenvalue weighted by Gasteiger charge is -2.21. The summed E-state index contributed by atoms with van der Waals surface area (Å²) in [6.07, 6.45) is 0.